The van der Waals surface area contributed by atoms with Crippen LogP contribution in [0.2, 0.25) is 0 Å². The van der Waals surface area contributed by atoms with Crippen molar-refractivity contribution in [2.75, 3.05) is 58.7 Å². The summed E-state index contributed by atoms with van der Waals surface area (Å²) in [6.07, 6.45) is 7.77. The SMILES string of the molecule is CCN(CC)CCCN(C1CCN(C)CC1)S(=O)(=O)c1ccc(C(CC2CCCC2)C(=O)Nc2nc3ccc(OC)nc3s2)cc1. The van der Waals surface area contributed by atoms with Gasteiger partial charge in [-0.2, -0.15) is 4.31 Å². The molecule has 10 nitrogen and oxygen atoms in total. The molecule has 1 saturated heterocycles. The number of nitrogens with zero attached hydrogens (tertiary/aromatic N) is 5. The second-order valence-electron chi connectivity index (χ2n) is 12.7. The first kappa shape index (κ1) is 34.7. The van der Waals surface area contributed by atoms with Crippen molar-refractivity contribution in [1.29, 1.82) is 0 Å². The van der Waals surface area contributed by atoms with Crippen LogP contribution in [0.15, 0.2) is 41.3 Å². The van der Waals surface area contributed by atoms with E-state index >= 15 is 0 Å². The van der Waals surface area contributed by atoms with Crippen molar-refractivity contribution in [2.24, 2.45) is 5.92 Å². The average molecular weight is 671 g/mol. The molecule has 2 aromatic heterocycles. The lowest BCUT2D eigenvalue weighted by atomic mass is 9.87. The summed E-state index contributed by atoms with van der Waals surface area (Å²) < 4.78 is 35.4. The molecule has 12 heteroatoms. The number of carbonyl (C=O) groups is 1. The van der Waals surface area contributed by atoms with Gasteiger partial charge in [0.15, 0.2) is 5.13 Å². The Morgan fingerprint density at radius 2 is 1.72 bits per heavy atom. The molecule has 2 fully saturated rings. The first-order chi connectivity index (χ1) is 22.2. The molecular formula is C34H50N6O4S2. The quantitative estimate of drug-likeness (QED) is 0.216. The number of aromatic nitrogens is 2. The van der Waals surface area contributed by atoms with Gasteiger partial charge in [0.25, 0.3) is 0 Å². The van der Waals surface area contributed by atoms with Gasteiger partial charge in [-0.05, 0) is 95.1 Å². The predicted octanol–water partition coefficient (Wildman–Crippen LogP) is 5.82. The molecule has 1 saturated carbocycles. The summed E-state index contributed by atoms with van der Waals surface area (Å²) >= 11 is 1.32. The summed E-state index contributed by atoms with van der Waals surface area (Å²) in [5, 5.41) is 3.54. The zero-order chi connectivity index (χ0) is 32.7. The Hall–Kier alpha value is -2.64. The Morgan fingerprint density at radius 1 is 1.02 bits per heavy atom. The van der Waals surface area contributed by atoms with Crippen molar-refractivity contribution in [2.45, 2.75) is 82.1 Å². The van der Waals surface area contributed by atoms with E-state index in [1.165, 1.54) is 24.2 Å². The summed E-state index contributed by atoms with van der Waals surface area (Å²) in [6, 6.07) is 10.7. The molecule has 3 aromatic rings. The second-order valence-corrected chi connectivity index (χ2v) is 15.6. The van der Waals surface area contributed by atoms with Gasteiger partial charge in [-0.3, -0.25) is 4.79 Å². The highest BCUT2D eigenvalue weighted by atomic mass is 32.2. The molecule has 5 rings (SSSR count). The van der Waals surface area contributed by atoms with Crippen LogP contribution in [0.1, 0.15) is 76.7 Å². The highest BCUT2D eigenvalue weighted by Gasteiger charge is 2.34. The van der Waals surface area contributed by atoms with E-state index in [1.807, 2.05) is 18.2 Å². The summed E-state index contributed by atoms with van der Waals surface area (Å²) in [6.45, 7) is 9.36. The van der Waals surface area contributed by atoms with Crippen LogP contribution in [-0.2, 0) is 14.8 Å². The minimum Gasteiger partial charge on any atom is -0.481 e. The van der Waals surface area contributed by atoms with Crippen LogP contribution in [-0.4, -0.2) is 97.9 Å². The van der Waals surface area contributed by atoms with Gasteiger partial charge in [-0.25, -0.2) is 18.4 Å². The Kier molecular flexibility index (Phi) is 12.0. The Morgan fingerprint density at radius 3 is 2.37 bits per heavy atom. The van der Waals surface area contributed by atoms with Gasteiger partial charge in [0.05, 0.1) is 17.9 Å². The number of carbonyl (C=O) groups excluding carboxylic acids is 1. The molecule has 1 aromatic carbocycles. The lowest BCUT2D eigenvalue weighted by Gasteiger charge is -2.37. The fourth-order valence-corrected chi connectivity index (χ4v) is 9.47. The Bertz CT molecular complexity index is 1530. The minimum atomic E-state index is -3.71. The predicted molar refractivity (Wildman–Crippen MR) is 185 cm³/mol. The molecule has 0 bridgehead atoms. The second kappa shape index (κ2) is 16.0. The van der Waals surface area contributed by atoms with Crippen LogP contribution in [0.5, 0.6) is 5.88 Å². The Labute approximate surface area is 278 Å². The van der Waals surface area contributed by atoms with Gasteiger partial charge >= 0.3 is 0 Å². The number of rotatable bonds is 15. The maximum atomic E-state index is 14.2. The third kappa shape index (κ3) is 8.44. The molecule has 1 unspecified atom stereocenters. The van der Waals surface area contributed by atoms with Crippen LogP contribution >= 0.6 is 11.3 Å². The summed E-state index contributed by atoms with van der Waals surface area (Å²) in [5.74, 6) is 0.430. The molecule has 1 N–H and O–H groups in total. The molecule has 1 amide bonds. The number of methoxy groups -OCH3 is 1. The molecule has 3 heterocycles. The number of piperidine rings is 1. The van der Waals surface area contributed by atoms with E-state index in [0.29, 0.717) is 38.7 Å². The zero-order valence-corrected chi connectivity index (χ0v) is 29.4. The van der Waals surface area contributed by atoms with Crippen molar-refractivity contribution in [1.82, 2.24) is 24.1 Å². The third-order valence-electron chi connectivity index (χ3n) is 9.76. The number of sulfonamides is 1. The van der Waals surface area contributed by atoms with Gasteiger partial charge in [0, 0.05) is 18.7 Å². The molecule has 1 aliphatic heterocycles. The fourth-order valence-electron chi connectivity index (χ4n) is 6.91. The smallest absolute Gasteiger partial charge is 0.243 e. The topological polar surface area (TPSA) is 108 Å². The van der Waals surface area contributed by atoms with Gasteiger partial charge in [0.2, 0.25) is 21.8 Å². The molecule has 2 aliphatic rings. The average Bonchev–Trinajstić information content (AvgIpc) is 3.73. The van der Waals surface area contributed by atoms with E-state index in [4.69, 9.17) is 4.74 Å². The first-order valence-electron chi connectivity index (χ1n) is 16.9. The van der Waals surface area contributed by atoms with Crippen LogP contribution in [0, 0.1) is 5.92 Å². The lowest BCUT2D eigenvalue weighted by molar-refractivity contribution is -0.118. The zero-order valence-electron chi connectivity index (χ0n) is 27.8. The summed E-state index contributed by atoms with van der Waals surface area (Å²) in [7, 11) is -0.0480. The largest absolute Gasteiger partial charge is 0.481 e. The molecule has 252 valence electrons. The maximum absolute atomic E-state index is 14.2. The van der Waals surface area contributed by atoms with Crippen molar-refractivity contribution >= 4 is 42.7 Å². The minimum absolute atomic E-state index is 0.0123. The number of ether oxygens (including phenoxy) is 1. The number of thiazole rings is 1. The third-order valence-corrected chi connectivity index (χ3v) is 12.6. The highest BCUT2D eigenvalue weighted by Crippen LogP contribution is 2.36. The molecule has 1 atom stereocenters. The molecule has 0 radical (unpaired) electrons. The van der Waals surface area contributed by atoms with Gasteiger partial charge in [-0.15, -0.1) is 0 Å². The van der Waals surface area contributed by atoms with E-state index in [9.17, 15) is 13.2 Å². The first-order valence-corrected chi connectivity index (χ1v) is 19.1. The number of nitrogens with one attached hydrogen (secondary N) is 1. The maximum Gasteiger partial charge on any atom is 0.243 e. The number of amides is 1. The number of hydrogen-bond donors (Lipinski definition) is 1. The van der Waals surface area contributed by atoms with Crippen LogP contribution < -0.4 is 10.1 Å². The highest BCUT2D eigenvalue weighted by molar-refractivity contribution is 7.89. The van der Waals surface area contributed by atoms with Crippen LogP contribution in [0.25, 0.3) is 10.3 Å². The summed E-state index contributed by atoms with van der Waals surface area (Å²) in [4.78, 5) is 28.4. The number of benzene rings is 1. The molecular weight excluding hydrogens is 621 g/mol. The van der Waals surface area contributed by atoms with Gasteiger partial charge < -0.3 is 19.9 Å². The number of anilines is 1. The van der Waals surface area contributed by atoms with Crippen molar-refractivity contribution < 1.29 is 17.9 Å². The van der Waals surface area contributed by atoms with Crippen LogP contribution in [0.4, 0.5) is 5.13 Å². The Balaban J connectivity index is 1.36. The number of likely N-dealkylation sites (tertiary alicyclic amines) is 1. The molecule has 1 aliphatic carbocycles. The van der Waals surface area contributed by atoms with E-state index in [-0.39, 0.29) is 11.9 Å². The number of fused-ring (bicyclic) bond motifs is 1. The fraction of sp³-hybridized carbons (Fsp3) is 0.618. The standard InChI is InChI=1S/C34H50N6O4S2/c1-5-39(6-2)20-9-21-40(27-18-22-38(3)23-19-27)46(42,43)28-14-12-26(13-15-28)29(24-25-10-7-8-11-25)32(41)37-34-35-30-16-17-31(44-4)36-33(30)45-34/h12-17,25,27,29H,5-11,18-24H2,1-4H3,(H,35,37,41). The number of hydrogen-bond acceptors (Lipinski definition) is 9. The van der Waals surface area contributed by atoms with Crippen molar-refractivity contribution in [3.63, 3.8) is 0 Å². The molecule has 0 spiro atoms. The van der Waals surface area contributed by atoms with E-state index in [2.05, 4.69) is 46.0 Å². The van der Waals surface area contributed by atoms with E-state index in [1.54, 1.807) is 29.6 Å². The van der Waals surface area contributed by atoms with Gasteiger partial charge in [-0.1, -0.05) is 63.0 Å². The number of pyridine rings is 1. The normalized spacial score (nSPS) is 17.7. The molecule has 46 heavy (non-hydrogen) atoms. The van der Waals surface area contributed by atoms with Crippen molar-refractivity contribution in [3.8, 4) is 5.88 Å². The van der Waals surface area contributed by atoms with Crippen LogP contribution in [0.3, 0.4) is 0 Å². The monoisotopic (exact) mass is 670 g/mol. The van der Waals surface area contributed by atoms with E-state index in [0.717, 1.165) is 76.8 Å². The van der Waals surface area contributed by atoms with Gasteiger partial charge in [0.1, 0.15) is 10.3 Å². The van der Waals surface area contributed by atoms with E-state index < -0.39 is 15.9 Å². The van der Waals surface area contributed by atoms with Crippen molar-refractivity contribution in [3.05, 3.63) is 42.0 Å². The summed E-state index contributed by atoms with van der Waals surface area (Å²) in [5.41, 5.74) is 1.53. The lowest BCUT2D eigenvalue weighted by Crippen LogP contribution is -2.47.